The lowest BCUT2D eigenvalue weighted by Gasteiger charge is -2.36. The molecule has 0 bridgehead atoms. The topological polar surface area (TPSA) is 84.7 Å². The van der Waals surface area contributed by atoms with E-state index in [9.17, 15) is 9.59 Å². The van der Waals surface area contributed by atoms with Crippen LogP contribution in [0.15, 0.2) is 0 Å². The molecule has 1 heterocycles. The van der Waals surface area contributed by atoms with E-state index in [1.165, 1.54) is 0 Å². The van der Waals surface area contributed by atoms with E-state index in [4.69, 9.17) is 10.5 Å². The van der Waals surface area contributed by atoms with Gasteiger partial charge in [0.1, 0.15) is 6.04 Å². The molecule has 2 amide bonds. The van der Waals surface area contributed by atoms with Crippen molar-refractivity contribution in [3.8, 4) is 0 Å². The lowest BCUT2D eigenvalue weighted by Crippen LogP contribution is -2.56. The fourth-order valence-electron chi connectivity index (χ4n) is 2.40. The molecule has 1 aliphatic heterocycles. The Morgan fingerprint density at radius 3 is 2.70 bits per heavy atom. The van der Waals surface area contributed by atoms with E-state index in [-0.39, 0.29) is 30.4 Å². The zero-order valence-corrected chi connectivity index (χ0v) is 12.7. The minimum atomic E-state index is -0.503. The highest BCUT2D eigenvalue weighted by atomic mass is 16.5. The molecule has 1 fully saturated rings. The number of amides is 2. The van der Waals surface area contributed by atoms with Crippen molar-refractivity contribution in [2.45, 2.75) is 45.2 Å². The molecule has 3 unspecified atom stereocenters. The smallest absolute Gasteiger partial charge is 0.244 e. The Hall–Kier alpha value is -1.14. The molecule has 0 aliphatic carbocycles. The Bertz CT molecular complexity index is 334. The number of rotatable bonds is 6. The number of likely N-dealkylation sites (N-methyl/N-ethyl adjacent to an activating group) is 1. The quantitative estimate of drug-likeness (QED) is 0.725. The van der Waals surface area contributed by atoms with Gasteiger partial charge in [0.05, 0.1) is 13.2 Å². The summed E-state index contributed by atoms with van der Waals surface area (Å²) in [5.41, 5.74) is 5.71. The normalized spacial score (nSPS) is 22.2. The fourth-order valence-corrected chi connectivity index (χ4v) is 2.40. The van der Waals surface area contributed by atoms with Gasteiger partial charge in [0.15, 0.2) is 0 Å². The van der Waals surface area contributed by atoms with Crippen LogP contribution in [0.1, 0.15) is 33.1 Å². The molecule has 1 saturated heterocycles. The Morgan fingerprint density at radius 2 is 2.10 bits per heavy atom. The predicted molar refractivity (Wildman–Crippen MR) is 77.1 cm³/mol. The second kappa shape index (κ2) is 8.21. The molecule has 116 valence electrons. The van der Waals surface area contributed by atoms with Crippen LogP contribution < -0.4 is 11.1 Å². The maximum absolute atomic E-state index is 12.5. The van der Waals surface area contributed by atoms with Gasteiger partial charge in [-0.05, 0) is 19.8 Å². The third-order valence-corrected chi connectivity index (χ3v) is 3.68. The van der Waals surface area contributed by atoms with Gasteiger partial charge in [-0.2, -0.15) is 0 Å². The minimum Gasteiger partial charge on any atom is -0.377 e. The Labute approximate surface area is 121 Å². The van der Waals surface area contributed by atoms with Crippen molar-refractivity contribution >= 4 is 11.8 Å². The van der Waals surface area contributed by atoms with Crippen molar-refractivity contribution in [1.82, 2.24) is 10.2 Å². The minimum absolute atomic E-state index is 0.0339. The lowest BCUT2D eigenvalue weighted by molar-refractivity contribution is -0.151. The zero-order chi connectivity index (χ0) is 15.1. The maximum Gasteiger partial charge on any atom is 0.244 e. The summed E-state index contributed by atoms with van der Waals surface area (Å²) in [5.74, 6) is -0.216. The van der Waals surface area contributed by atoms with E-state index in [0.29, 0.717) is 13.2 Å². The first-order valence-electron chi connectivity index (χ1n) is 7.32. The number of morpholine rings is 1. The van der Waals surface area contributed by atoms with Crippen molar-refractivity contribution in [3.63, 3.8) is 0 Å². The third-order valence-electron chi connectivity index (χ3n) is 3.68. The van der Waals surface area contributed by atoms with Crippen LogP contribution in [0.5, 0.6) is 0 Å². The first-order chi connectivity index (χ1) is 9.47. The summed E-state index contributed by atoms with van der Waals surface area (Å²) >= 11 is 0. The van der Waals surface area contributed by atoms with Crippen molar-refractivity contribution in [2.24, 2.45) is 11.7 Å². The average Bonchev–Trinajstić information content (AvgIpc) is 2.45. The van der Waals surface area contributed by atoms with E-state index < -0.39 is 6.04 Å². The zero-order valence-electron chi connectivity index (χ0n) is 12.7. The molecule has 1 rings (SSSR count). The molecule has 0 radical (unpaired) electrons. The second-order valence-electron chi connectivity index (χ2n) is 5.55. The van der Waals surface area contributed by atoms with E-state index >= 15 is 0 Å². The molecule has 6 nitrogen and oxygen atoms in total. The van der Waals surface area contributed by atoms with E-state index in [0.717, 1.165) is 19.3 Å². The molecule has 20 heavy (non-hydrogen) atoms. The summed E-state index contributed by atoms with van der Waals surface area (Å²) in [6.07, 6.45) is 2.65. The maximum atomic E-state index is 12.5. The Balaban J connectivity index is 2.55. The second-order valence-corrected chi connectivity index (χ2v) is 5.55. The Morgan fingerprint density at radius 1 is 1.40 bits per heavy atom. The van der Waals surface area contributed by atoms with Gasteiger partial charge >= 0.3 is 0 Å². The fraction of sp³-hybridized carbons (Fsp3) is 0.857. The largest absolute Gasteiger partial charge is 0.377 e. The first-order valence-corrected chi connectivity index (χ1v) is 7.32. The number of hydrogen-bond donors (Lipinski definition) is 2. The highest BCUT2D eigenvalue weighted by Gasteiger charge is 2.34. The standard InChI is InChI=1S/C14H27N3O3/c1-10(5-4-6-11(2)15)14(19)17-7-8-20-9-12(17)13(18)16-3/h10-12H,4-9,15H2,1-3H3,(H,16,18). The summed E-state index contributed by atoms with van der Waals surface area (Å²) in [5, 5.41) is 2.59. The van der Waals surface area contributed by atoms with Crippen LogP contribution in [0.3, 0.4) is 0 Å². The summed E-state index contributed by atoms with van der Waals surface area (Å²) in [4.78, 5) is 25.9. The van der Waals surface area contributed by atoms with E-state index in [2.05, 4.69) is 5.32 Å². The van der Waals surface area contributed by atoms with Gasteiger partial charge in [0.2, 0.25) is 11.8 Å². The molecular weight excluding hydrogens is 258 g/mol. The molecule has 3 N–H and O–H groups in total. The number of nitrogens with one attached hydrogen (secondary N) is 1. The molecule has 0 aromatic heterocycles. The van der Waals surface area contributed by atoms with E-state index in [1.807, 2.05) is 13.8 Å². The van der Waals surface area contributed by atoms with Crippen LogP contribution in [-0.4, -0.2) is 55.6 Å². The highest BCUT2D eigenvalue weighted by molar-refractivity contribution is 5.88. The van der Waals surface area contributed by atoms with Crippen LogP contribution in [0.2, 0.25) is 0 Å². The number of carbonyl (C=O) groups excluding carboxylic acids is 2. The van der Waals surface area contributed by atoms with Gasteiger partial charge in [-0.25, -0.2) is 0 Å². The molecule has 6 heteroatoms. The highest BCUT2D eigenvalue weighted by Crippen LogP contribution is 2.16. The van der Waals surface area contributed by atoms with Crippen molar-refractivity contribution in [2.75, 3.05) is 26.8 Å². The van der Waals surface area contributed by atoms with E-state index in [1.54, 1.807) is 11.9 Å². The summed E-state index contributed by atoms with van der Waals surface area (Å²) in [6.45, 7) is 5.13. The van der Waals surface area contributed by atoms with Crippen molar-refractivity contribution < 1.29 is 14.3 Å². The van der Waals surface area contributed by atoms with Gasteiger partial charge in [-0.15, -0.1) is 0 Å². The van der Waals surface area contributed by atoms with Crippen LogP contribution in [0.25, 0.3) is 0 Å². The first kappa shape index (κ1) is 16.9. The molecule has 1 aliphatic rings. The molecule has 0 spiro atoms. The van der Waals surface area contributed by atoms with Crippen molar-refractivity contribution in [1.29, 1.82) is 0 Å². The molecule has 0 aromatic rings. The predicted octanol–water partition coefficient (Wildman–Crippen LogP) is 0.113. The molecular formula is C14H27N3O3. The lowest BCUT2D eigenvalue weighted by atomic mass is 9.99. The number of hydrogen-bond acceptors (Lipinski definition) is 4. The molecule has 0 aromatic carbocycles. The number of carbonyl (C=O) groups is 2. The molecule has 3 atom stereocenters. The Kier molecular flexibility index (Phi) is 6.95. The SMILES string of the molecule is CNC(=O)C1COCCN1C(=O)C(C)CCCC(C)N. The van der Waals surface area contributed by atoms with Gasteiger partial charge in [-0.3, -0.25) is 9.59 Å². The van der Waals surface area contributed by atoms with Crippen molar-refractivity contribution in [3.05, 3.63) is 0 Å². The third kappa shape index (κ3) is 4.76. The average molecular weight is 285 g/mol. The number of nitrogens with zero attached hydrogens (tertiary/aromatic N) is 1. The number of nitrogens with two attached hydrogens (primary N) is 1. The van der Waals surface area contributed by atoms with Crippen LogP contribution in [-0.2, 0) is 14.3 Å². The van der Waals surface area contributed by atoms with Gasteiger partial charge < -0.3 is 20.7 Å². The van der Waals surface area contributed by atoms with Gasteiger partial charge in [0, 0.05) is 25.6 Å². The van der Waals surface area contributed by atoms with Crippen LogP contribution in [0, 0.1) is 5.92 Å². The summed E-state index contributed by atoms with van der Waals surface area (Å²) < 4.78 is 5.31. The van der Waals surface area contributed by atoms with Crippen LogP contribution in [0.4, 0.5) is 0 Å². The molecule has 0 saturated carbocycles. The number of ether oxygens (including phenoxy) is 1. The van der Waals surface area contributed by atoms with Gasteiger partial charge in [-0.1, -0.05) is 13.3 Å². The summed E-state index contributed by atoms with van der Waals surface area (Å²) in [6, 6.07) is -0.337. The summed E-state index contributed by atoms with van der Waals surface area (Å²) in [7, 11) is 1.58. The van der Waals surface area contributed by atoms with Crippen LogP contribution >= 0.6 is 0 Å². The monoisotopic (exact) mass is 285 g/mol. The van der Waals surface area contributed by atoms with Gasteiger partial charge in [0.25, 0.3) is 0 Å².